The monoisotopic (exact) mass is 347 g/mol. The number of carbonyl (C=O) groups is 1. The summed E-state index contributed by atoms with van der Waals surface area (Å²) < 4.78 is 10.4. The van der Waals surface area contributed by atoms with Gasteiger partial charge in [-0.3, -0.25) is 4.79 Å². The van der Waals surface area contributed by atoms with E-state index in [0.717, 1.165) is 0 Å². The van der Waals surface area contributed by atoms with Crippen molar-refractivity contribution in [2.45, 2.75) is 0 Å². The summed E-state index contributed by atoms with van der Waals surface area (Å²) in [6, 6.07) is 8.00. The van der Waals surface area contributed by atoms with E-state index in [1.165, 1.54) is 31.6 Å². The number of ether oxygens (including phenoxy) is 1. The van der Waals surface area contributed by atoms with E-state index >= 15 is 0 Å². The first-order valence-electron chi connectivity index (χ1n) is 5.83. The van der Waals surface area contributed by atoms with Crippen molar-refractivity contribution < 1.29 is 19.1 Å². The maximum atomic E-state index is 12.1. The molecule has 0 atom stereocenters. The van der Waals surface area contributed by atoms with Gasteiger partial charge in [0.2, 0.25) is 5.78 Å². The summed E-state index contributed by atoms with van der Waals surface area (Å²) in [4.78, 5) is 12.1. The van der Waals surface area contributed by atoms with Gasteiger partial charge in [-0.15, -0.1) is 0 Å². The van der Waals surface area contributed by atoms with Crippen LogP contribution in [0.5, 0.6) is 11.5 Å². The molecule has 0 spiro atoms. The highest BCUT2D eigenvalue weighted by Gasteiger charge is 2.15. The quantitative estimate of drug-likeness (QED) is 0.519. The molecular formula is C15H10BrNO4. The van der Waals surface area contributed by atoms with Crippen LogP contribution in [0, 0.1) is 11.3 Å². The maximum absolute atomic E-state index is 12.1. The molecule has 1 aromatic heterocycles. The molecule has 6 heteroatoms. The van der Waals surface area contributed by atoms with Gasteiger partial charge in [0.1, 0.15) is 11.6 Å². The van der Waals surface area contributed by atoms with Crippen molar-refractivity contribution in [3.8, 4) is 17.6 Å². The summed E-state index contributed by atoms with van der Waals surface area (Å²) >= 11 is 3.18. The van der Waals surface area contributed by atoms with Crippen molar-refractivity contribution in [2.24, 2.45) is 0 Å². The van der Waals surface area contributed by atoms with Crippen molar-refractivity contribution in [3.05, 3.63) is 51.9 Å². The summed E-state index contributed by atoms with van der Waals surface area (Å²) in [6.07, 6.45) is 2.76. The third-order valence-electron chi connectivity index (χ3n) is 2.69. The predicted octanol–water partition coefficient (Wildman–Crippen LogP) is 3.55. The van der Waals surface area contributed by atoms with Crippen LogP contribution in [0.3, 0.4) is 0 Å². The van der Waals surface area contributed by atoms with E-state index < -0.39 is 5.78 Å². The van der Waals surface area contributed by atoms with Gasteiger partial charge in [-0.25, -0.2) is 0 Å². The highest BCUT2D eigenvalue weighted by molar-refractivity contribution is 9.10. The molecule has 0 bridgehead atoms. The lowest BCUT2D eigenvalue weighted by Gasteiger charge is -2.06. The molecule has 0 aliphatic rings. The van der Waals surface area contributed by atoms with Gasteiger partial charge in [-0.1, -0.05) is 0 Å². The van der Waals surface area contributed by atoms with Crippen molar-refractivity contribution in [1.29, 1.82) is 5.26 Å². The second kappa shape index (κ2) is 6.29. The number of nitrogens with zero attached hydrogens (tertiary/aromatic N) is 1. The van der Waals surface area contributed by atoms with Crippen molar-refractivity contribution >= 4 is 27.8 Å². The Morgan fingerprint density at radius 1 is 1.52 bits per heavy atom. The zero-order valence-corrected chi connectivity index (χ0v) is 12.5. The number of rotatable bonds is 4. The number of aromatic hydroxyl groups is 1. The summed E-state index contributed by atoms with van der Waals surface area (Å²) in [7, 11) is 1.41. The summed E-state index contributed by atoms with van der Waals surface area (Å²) in [5.41, 5.74) is 0.456. The molecule has 0 radical (unpaired) electrons. The smallest absolute Gasteiger partial charge is 0.238 e. The average Bonchev–Trinajstić information content (AvgIpc) is 3.01. The van der Waals surface area contributed by atoms with Crippen molar-refractivity contribution in [2.75, 3.05) is 7.11 Å². The standard InChI is InChI=1S/C15H10BrNO4/c1-20-13-7-9(6-11(16)15(13)19)5-10(8-17)14(18)12-3-2-4-21-12/h2-7,19H,1H3/b10-5+. The number of halogens is 1. The van der Waals surface area contributed by atoms with Crippen molar-refractivity contribution in [1.82, 2.24) is 0 Å². The van der Waals surface area contributed by atoms with Crippen LogP contribution in [0.25, 0.3) is 6.08 Å². The highest BCUT2D eigenvalue weighted by atomic mass is 79.9. The Bertz CT molecular complexity index is 742. The van der Waals surface area contributed by atoms with Gasteiger partial charge < -0.3 is 14.3 Å². The Morgan fingerprint density at radius 2 is 2.29 bits per heavy atom. The van der Waals surface area contributed by atoms with Gasteiger partial charge in [0.25, 0.3) is 0 Å². The van der Waals surface area contributed by atoms with Gasteiger partial charge in [0, 0.05) is 0 Å². The molecule has 0 fully saturated rings. The van der Waals surface area contributed by atoms with Gasteiger partial charge in [0.05, 0.1) is 17.8 Å². The summed E-state index contributed by atoms with van der Waals surface area (Å²) in [5.74, 6) is -0.234. The van der Waals surface area contributed by atoms with Crippen LogP contribution in [0.15, 0.2) is 45.0 Å². The van der Waals surface area contributed by atoms with E-state index in [1.807, 2.05) is 6.07 Å². The molecule has 0 aliphatic heterocycles. The molecule has 1 heterocycles. The topological polar surface area (TPSA) is 83.5 Å². The number of phenolic OH excluding ortho intramolecular Hbond substituents is 1. The lowest BCUT2D eigenvalue weighted by molar-refractivity contribution is 0.101. The molecule has 5 nitrogen and oxygen atoms in total. The number of hydrogen-bond acceptors (Lipinski definition) is 5. The minimum absolute atomic E-state index is 0.0504. The number of allylic oxidation sites excluding steroid dienone is 1. The highest BCUT2D eigenvalue weighted by Crippen LogP contribution is 2.35. The normalized spacial score (nSPS) is 11.0. The number of hydrogen-bond donors (Lipinski definition) is 1. The van der Waals surface area contributed by atoms with Gasteiger partial charge in [-0.05, 0) is 51.8 Å². The number of methoxy groups -OCH3 is 1. The van der Waals surface area contributed by atoms with E-state index in [-0.39, 0.29) is 22.8 Å². The lowest BCUT2D eigenvalue weighted by Crippen LogP contribution is -2.00. The first-order valence-corrected chi connectivity index (χ1v) is 6.62. The van der Waals surface area contributed by atoms with Crippen LogP contribution in [0.2, 0.25) is 0 Å². The fourth-order valence-corrected chi connectivity index (χ4v) is 2.15. The van der Waals surface area contributed by atoms with Crippen LogP contribution in [-0.4, -0.2) is 18.0 Å². The summed E-state index contributed by atoms with van der Waals surface area (Å²) in [6.45, 7) is 0. The van der Waals surface area contributed by atoms with E-state index in [0.29, 0.717) is 10.0 Å². The number of furan rings is 1. The van der Waals surface area contributed by atoms with Crippen molar-refractivity contribution in [3.63, 3.8) is 0 Å². The van der Waals surface area contributed by atoms with Crippen LogP contribution >= 0.6 is 15.9 Å². The molecule has 106 valence electrons. The predicted molar refractivity (Wildman–Crippen MR) is 79.0 cm³/mol. The van der Waals surface area contributed by atoms with Crippen LogP contribution < -0.4 is 4.74 Å². The van der Waals surface area contributed by atoms with E-state index in [2.05, 4.69) is 15.9 Å². The van der Waals surface area contributed by atoms with Gasteiger partial charge >= 0.3 is 0 Å². The van der Waals surface area contributed by atoms with Crippen LogP contribution in [0.1, 0.15) is 16.1 Å². The molecule has 1 N–H and O–H groups in total. The number of ketones is 1. The Labute approximate surface area is 129 Å². The number of nitriles is 1. The molecule has 0 amide bonds. The second-order valence-corrected chi connectivity index (χ2v) is 4.88. The van der Waals surface area contributed by atoms with Crippen LogP contribution in [0.4, 0.5) is 0 Å². The van der Waals surface area contributed by atoms with E-state index in [9.17, 15) is 9.90 Å². The average molecular weight is 348 g/mol. The molecule has 0 aliphatic carbocycles. The molecular weight excluding hydrogens is 338 g/mol. The first kappa shape index (κ1) is 14.9. The number of phenols is 1. The Morgan fingerprint density at radius 3 is 2.86 bits per heavy atom. The molecule has 2 rings (SSSR count). The largest absolute Gasteiger partial charge is 0.503 e. The zero-order valence-electron chi connectivity index (χ0n) is 11.0. The fraction of sp³-hybridized carbons (Fsp3) is 0.0667. The SMILES string of the molecule is COc1cc(/C=C(\C#N)C(=O)c2ccco2)cc(Br)c1O. The Balaban J connectivity index is 2.44. The van der Waals surface area contributed by atoms with E-state index in [4.69, 9.17) is 14.4 Å². The molecule has 2 aromatic rings. The third kappa shape index (κ3) is 3.15. The number of benzene rings is 1. The molecule has 0 unspecified atom stereocenters. The maximum Gasteiger partial charge on any atom is 0.238 e. The van der Waals surface area contributed by atoms with E-state index in [1.54, 1.807) is 12.1 Å². The number of Topliss-reactive ketones (excluding diaryl/α,β-unsaturated/α-hetero) is 1. The minimum atomic E-state index is -0.509. The molecule has 0 saturated heterocycles. The second-order valence-electron chi connectivity index (χ2n) is 4.03. The zero-order chi connectivity index (χ0) is 15.4. The minimum Gasteiger partial charge on any atom is -0.503 e. The lowest BCUT2D eigenvalue weighted by atomic mass is 10.1. The molecule has 1 aromatic carbocycles. The van der Waals surface area contributed by atoms with Gasteiger partial charge in [0.15, 0.2) is 17.3 Å². The first-order chi connectivity index (χ1) is 10.1. The Hall–Kier alpha value is -2.52. The van der Waals surface area contributed by atoms with Crippen LogP contribution in [-0.2, 0) is 0 Å². The summed E-state index contributed by atoms with van der Waals surface area (Å²) in [5, 5.41) is 18.9. The number of carbonyl (C=O) groups excluding carboxylic acids is 1. The van der Waals surface area contributed by atoms with Gasteiger partial charge in [-0.2, -0.15) is 5.26 Å². The molecule has 21 heavy (non-hydrogen) atoms. The fourth-order valence-electron chi connectivity index (χ4n) is 1.69. The Kier molecular flexibility index (Phi) is 4.45. The molecule has 0 saturated carbocycles. The third-order valence-corrected chi connectivity index (χ3v) is 3.30.